The maximum atomic E-state index is 11.6. The molecule has 14 heavy (non-hydrogen) atoms. The van der Waals surface area contributed by atoms with Crippen molar-refractivity contribution >= 4 is 5.97 Å². The van der Waals surface area contributed by atoms with E-state index in [1.807, 2.05) is 0 Å². The van der Waals surface area contributed by atoms with Crippen LogP contribution in [0.15, 0.2) is 12.2 Å². The quantitative estimate of drug-likeness (QED) is 0.489. The molecule has 6 atom stereocenters. The van der Waals surface area contributed by atoms with Gasteiger partial charge in [0.1, 0.15) is 0 Å². The third-order valence-corrected chi connectivity index (χ3v) is 4.18. The van der Waals surface area contributed by atoms with Gasteiger partial charge in [-0.2, -0.15) is 0 Å². The number of carbonyl (C=O) groups excluding carboxylic acids is 1. The van der Waals surface area contributed by atoms with Gasteiger partial charge < -0.3 is 10.5 Å². The average molecular weight is 193 g/mol. The minimum Gasteiger partial charge on any atom is -0.469 e. The largest absolute Gasteiger partial charge is 0.469 e. The van der Waals surface area contributed by atoms with E-state index >= 15 is 0 Å². The topological polar surface area (TPSA) is 52.3 Å². The highest BCUT2D eigenvalue weighted by atomic mass is 16.5. The molecule has 4 rings (SSSR count). The highest BCUT2D eigenvalue weighted by molar-refractivity contribution is 5.75. The number of allylic oxidation sites excluding steroid dienone is 1. The number of carbonyl (C=O) groups is 1. The van der Waals surface area contributed by atoms with Crippen LogP contribution in [-0.4, -0.2) is 19.1 Å². The molecule has 0 radical (unpaired) electrons. The molecule has 0 aromatic heterocycles. The van der Waals surface area contributed by atoms with E-state index < -0.39 is 0 Å². The van der Waals surface area contributed by atoms with E-state index in [1.165, 1.54) is 13.5 Å². The summed E-state index contributed by atoms with van der Waals surface area (Å²) < 4.78 is 4.83. The molecule has 3 heteroatoms. The van der Waals surface area contributed by atoms with Gasteiger partial charge >= 0.3 is 5.97 Å². The first kappa shape index (κ1) is 8.48. The normalized spacial score (nSPS) is 52.7. The number of rotatable bonds is 1. The van der Waals surface area contributed by atoms with E-state index in [1.54, 1.807) is 0 Å². The van der Waals surface area contributed by atoms with Gasteiger partial charge in [0.05, 0.1) is 13.0 Å². The second-order valence-electron chi connectivity index (χ2n) is 4.73. The predicted molar refractivity (Wildman–Crippen MR) is 51.2 cm³/mol. The van der Waals surface area contributed by atoms with Crippen molar-refractivity contribution in [2.24, 2.45) is 35.3 Å². The zero-order chi connectivity index (χ0) is 9.87. The van der Waals surface area contributed by atoms with Crippen molar-refractivity contribution in [1.82, 2.24) is 0 Å². The second-order valence-corrected chi connectivity index (χ2v) is 4.73. The molecule has 0 saturated heterocycles. The molecule has 2 fully saturated rings. The molecule has 0 spiro atoms. The van der Waals surface area contributed by atoms with Gasteiger partial charge in [0.25, 0.3) is 0 Å². The summed E-state index contributed by atoms with van der Waals surface area (Å²) in [6, 6.07) is -0.0128. The number of fused-ring (bicyclic) bond motifs is 1. The number of hydrogen-bond acceptors (Lipinski definition) is 3. The molecule has 6 unspecified atom stereocenters. The molecule has 0 heterocycles. The molecule has 3 nitrogen and oxygen atoms in total. The van der Waals surface area contributed by atoms with Gasteiger partial charge in [0, 0.05) is 6.04 Å². The Morgan fingerprint density at radius 1 is 1.36 bits per heavy atom. The van der Waals surface area contributed by atoms with Crippen LogP contribution in [0.4, 0.5) is 0 Å². The van der Waals surface area contributed by atoms with E-state index in [9.17, 15) is 4.79 Å². The predicted octanol–water partition coefficient (Wildman–Crippen LogP) is 0.555. The van der Waals surface area contributed by atoms with E-state index in [0.717, 1.165) is 5.92 Å². The molecule has 0 amide bonds. The van der Waals surface area contributed by atoms with Crippen molar-refractivity contribution in [1.29, 1.82) is 0 Å². The number of esters is 1. The van der Waals surface area contributed by atoms with Gasteiger partial charge in [-0.1, -0.05) is 12.2 Å². The highest BCUT2D eigenvalue weighted by Crippen LogP contribution is 2.61. The fraction of sp³-hybridized carbons (Fsp3) is 0.727. The monoisotopic (exact) mass is 193 g/mol. The van der Waals surface area contributed by atoms with Gasteiger partial charge in [0.15, 0.2) is 0 Å². The van der Waals surface area contributed by atoms with Crippen molar-refractivity contribution in [3.8, 4) is 0 Å². The van der Waals surface area contributed by atoms with Crippen LogP contribution in [0.3, 0.4) is 0 Å². The number of ether oxygens (including phenoxy) is 1. The van der Waals surface area contributed by atoms with E-state index in [2.05, 4.69) is 12.2 Å². The summed E-state index contributed by atoms with van der Waals surface area (Å²) in [6.45, 7) is 0. The first-order valence-corrected chi connectivity index (χ1v) is 5.26. The van der Waals surface area contributed by atoms with Crippen LogP contribution in [-0.2, 0) is 9.53 Å². The number of methoxy groups -OCH3 is 1. The SMILES string of the molecule is COC(=O)C1C(N)C2C=CC1C1CC21. The highest BCUT2D eigenvalue weighted by Gasteiger charge is 2.60. The Hall–Kier alpha value is -0.830. The van der Waals surface area contributed by atoms with Gasteiger partial charge in [0.2, 0.25) is 0 Å². The standard InChI is InChI=1S/C11H15NO2/c1-14-11(13)9-5-2-3-6(10(9)12)8-4-7(5)8/h2-3,5-10H,4,12H2,1H3. The molecule has 2 bridgehead atoms. The summed E-state index contributed by atoms with van der Waals surface area (Å²) in [5.41, 5.74) is 6.11. The van der Waals surface area contributed by atoms with Gasteiger partial charge in [-0.25, -0.2) is 0 Å². The molecule has 2 saturated carbocycles. The minimum atomic E-state index is -0.123. The van der Waals surface area contributed by atoms with Crippen LogP contribution in [0.25, 0.3) is 0 Å². The molecule has 0 aromatic rings. The van der Waals surface area contributed by atoms with Crippen molar-refractivity contribution in [3.05, 3.63) is 12.2 Å². The van der Waals surface area contributed by atoms with E-state index in [4.69, 9.17) is 10.5 Å². The summed E-state index contributed by atoms with van der Waals surface area (Å²) in [6.07, 6.45) is 5.65. The summed E-state index contributed by atoms with van der Waals surface area (Å²) in [5.74, 6) is 2.05. The van der Waals surface area contributed by atoms with Crippen LogP contribution in [0.1, 0.15) is 6.42 Å². The summed E-state index contributed by atoms with van der Waals surface area (Å²) in [4.78, 5) is 11.6. The molecule has 0 aromatic carbocycles. The summed E-state index contributed by atoms with van der Waals surface area (Å²) in [7, 11) is 1.45. The molecular weight excluding hydrogens is 178 g/mol. The van der Waals surface area contributed by atoms with Crippen LogP contribution in [0, 0.1) is 29.6 Å². The molecule has 0 aliphatic heterocycles. The minimum absolute atomic E-state index is 0.0128. The number of nitrogens with two attached hydrogens (primary N) is 1. The first-order chi connectivity index (χ1) is 6.74. The smallest absolute Gasteiger partial charge is 0.310 e. The molecule has 4 aliphatic carbocycles. The Bertz CT molecular complexity index is 312. The van der Waals surface area contributed by atoms with Crippen molar-refractivity contribution < 1.29 is 9.53 Å². The van der Waals surface area contributed by atoms with Crippen LogP contribution >= 0.6 is 0 Å². The van der Waals surface area contributed by atoms with Gasteiger partial charge in [-0.15, -0.1) is 0 Å². The Labute approximate surface area is 83.3 Å². The fourth-order valence-electron chi connectivity index (χ4n) is 3.41. The summed E-state index contributed by atoms with van der Waals surface area (Å²) >= 11 is 0. The maximum Gasteiger partial charge on any atom is 0.310 e. The lowest BCUT2D eigenvalue weighted by atomic mass is 9.66. The molecule has 2 N–H and O–H groups in total. The average Bonchev–Trinajstić information content (AvgIpc) is 2.97. The Morgan fingerprint density at radius 3 is 2.71 bits per heavy atom. The first-order valence-electron chi connectivity index (χ1n) is 5.26. The zero-order valence-electron chi connectivity index (χ0n) is 8.22. The lowest BCUT2D eigenvalue weighted by Crippen LogP contribution is -2.51. The van der Waals surface area contributed by atoms with E-state index in [0.29, 0.717) is 17.8 Å². The number of hydrogen-bond donors (Lipinski definition) is 1. The van der Waals surface area contributed by atoms with E-state index in [-0.39, 0.29) is 17.9 Å². The Morgan fingerprint density at radius 2 is 2.00 bits per heavy atom. The Balaban J connectivity index is 1.93. The molecule has 4 aliphatic rings. The molecular formula is C11H15NO2. The Kier molecular flexibility index (Phi) is 1.57. The fourth-order valence-corrected chi connectivity index (χ4v) is 3.41. The lowest BCUT2D eigenvalue weighted by molar-refractivity contribution is -0.149. The lowest BCUT2D eigenvalue weighted by Gasteiger charge is -2.41. The third-order valence-electron chi connectivity index (χ3n) is 4.18. The van der Waals surface area contributed by atoms with Crippen molar-refractivity contribution in [3.63, 3.8) is 0 Å². The molecule has 76 valence electrons. The third kappa shape index (κ3) is 0.883. The van der Waals surface area contributed by atoms with Crippen molar-refractivity contribution in [2.75, 3.05) is 7.11 Å². The van der Waals surface area contributed by atoms with Crippen LogP contribution < -0.4 is 5.73 Å². The van der Waals surface area contributed by atoms with Gasteiger partial charge in [-0.3, -0.25) is 4.79 Å². The second kappa shape index (κ2) is 2.60. The van der Waals surface area contributed by atoms with Crippen LogP contribution in [0.5, 0.6) is 0 Å². The maximum absolute atomic E-state index is 11.6. The van der Waals surface area contributed by atoms with Crippen LogP contribution in [0.2, 0.25) is 0 Å². The van der Waals surface area contributed by atoms with Crippen molar-refractivity contribution in [2.45, 2.75) is 12.5 Å². The zero-order valence-corrected chi connectivity index (χ0v) is 8.22. The van der Waals surface area contributed by atoms with Gasteiger partial charge in [-0.05, 0) is 30.1 Å². The summed E-state index contributed by atoms with van der Waals surface area (Å²) in [5, 5.41) is 0.